The van der Waals surface area contributed by atoms with Crippen LogP contribution in [0.15, 0.2) is 73.1 Å². The summed E-state index contributed by atoms with van der Waals surface area (Å²) in [4.78, 5) is 13.5. The summed E-state index contributed by atoms with van der Waals surface area (Å²) in [6.07, 6.45) is 3.50. The molecule has 6 heteroatoms. The van der Waals surface area contributed by atoms with Crippen molar-refractivity contribution in [2.24, 2.45) is 0 Å². The average Bonchev–Trinajstić information content (AvgIpc) is 3.19. The molecule has 0 amide bonds. The lowest BCUT2D eigenvalue weighted by Crippen LogP contribution is -2.05. The van der Waals surface area contributed by atoms with Crippen molar-refractivity contribution in [1.82, 2.24) is 24.6 Å². The number of nitrogens with one attached hydrogen (secondary N) is 1. The molecule has 0 aliphatic rings. The molecule has 0 saturated carbocycles. The van der Waals surface area contributed by atoms with E-state index in [-0.39, 0.29) is 5.92 Å². The first kappa shape index (κ1) is 17.3. The Morgan fingerprint density at radius 2 is 1.79 bits per heavy atom. The summed E-state index contributed by atoms with van der Waals surface area (Å²) in [5, 5.41) is 10.6. The molecule has 0 atom stereocenters. The summed E-state index contributed by atoms with van der Waals surface area (Å²) in [6, 6.07) is 20.4. The maximum atomic E-state index is 4.71. The Labute approximate surface area is 168 Å². The Morgan fingerprint density at radius 3 is 2.62 bits per heavy atom. The minimum atomic E-state index is 0.270. The molecule has 0 fully saturated rings. The maximum absolute atomic E-state index is 4.71. The zero-order valence-electron chi connectivity index (χ0n) is 16.2. The van der Waals surface area contributed by atoms with Crippen LogP contribution in [0.4, 0.5) is 11.5 Å². The third kappa shape index (κ3) is 3.18. The predicted molar refractivity (Wildman–Crippen MR) is 115 cm³/mol. The quantitative estimate of drug-likeness (QED) is 0.464. The molecule has 142 valence electrons. The van der Waals surface area contributed by atoms with E-state index in [1.165, 1.54) is 5.39 Å². The molecule has 3 aromatic heterocycles. The molecule has 0 bridgehead atoms. The summed E-state index contributed by atoms with van der Waals surface area (Å²) in [6.45, 7) is 4.25. The van der Waals surface area contributed by atoms with E-state index < -0.39 is 0 Å². The van der Waals surface area contributed by atoms with E-state index in [0.717, 1.165) is 28.1 Å². The normalized spacial score (nSPS) is 11.4. The third-order valence-corrected chi connectivity index (χ3v) is 4.90. The second-order valence-electron chi connectivity index (χ2n) is 7.26. The molecule has 0 saturated heterocycles. The zero-order valence-corrected chi connectivity index (χ0v) is 16.2. The van der Waals surface area contributed by atoms with Crippen LogP contribution >= 0.6 is 0 Å². The predicted octanol–water partition coefficient (Wildman–Crippen LogP) is 5.21. The van der Waals surface area contributed by atoms with Crippen LogP contribution in [0.1, 0.15) is 25.5 Å². The highest BCUT2D eigenvalue weighted by atomic mass is 15.4. The molecule has 0 spiro atoms. The van der Waals surface area contributed by atoms with Crippen LogP contribution in [0.5, 0.6) is 0 Å². The van der Waals surface area contributed by atoms with Crippen LogP contribution in [0.25, 0.3) is 27.9 Å². The van der Waals surface area contributed by atoms with E-state index in [0.29, 0.717) is 11.6 Å². The lowest BCUT2D eigenvalue weighted by atomic mass is 10.1. The summed E-state index contributed by atoms with van der Waals surface area (Å²) in [5.41, 5.74) is 2.84. The van der Waals surface area contributed by atoms with E-state index in [1.54, 1.807) is 16.9 Å². The Hall–Kier alpha value is -3.80. The van der Waals surface area contributed by atoms with Gasteiger partial charge in [-0.15, -0.1) is 5.10 Å². The van der Waals surface area contributed by atoms with Gasteiger partial charge in [0.1, 0.15) is 5.82 Å². The van der Waals surface area contributed by atoms with Crippen LogP contribution in [-0.2, 0) is 0 Å². The Kier molecular flexibility index (Phi) is 4.17. The largest absolute Gasteiger partial charge is 0.340 e. The van der Waals surface area contributed by atoms with Gasteiger partial charge in [0, 0.05) is 35.1 Å². The number of nitrogens with zero attached hydrogens (tertiary/aromatic N) is 5. The second-order valence-corrected chi connectivity index (χ2v) is 7.26. The molecular weight excluding hydrogens is 360 g/mol. The number of aromatic nitrogens is 5. The second kappa shape index (κ2) is 6.98. The van der Waals surface area contributed by atoms with Gasteiger partial charge in [0.15, 0.2) is 5.82 Å². The first-order valence-electron chi connectivity index (χ1n) is 9.62. The van der Waals surface area contributed by atoms with Gasteiger partial charge in [0.25, 0.3) is 5.78 Å². The van der Waals surface area contributed by atoms with Crippen LogP contribution in [0, 0.1) is 0 Å². The van der Waals surface area contributed by atoms with Crippen molar-refractivity contribution in [3.63, 3.8) is 0 Å². The number of benzene rings is 2. The lowest BCUT2D eigenvalue weighted by Gasteiger charge is -2.13. The van der Waals surface area contributed by atoms with Crippen molar-refractivity contribution in [2.45, 2.75) is 19.8 Å². The van der Waals surface area contributed by atoms with Crippen molar-refractivity contribution in [2.75, 3.05) is 5.32 Å². The van der Waals surface area contributed by atoms with Crippen LogP contribution in [-0.4, -0.2) is 24.6 Å². The molecule has 1 N–H and O–H groups in total. The first-order chi connectivity index (χ1) is 14.2. The summed E-state index contributed by atoms with van der Waals surface area (Å²) < 4.78 is 1.76. The number of anilines is 2. The molecule has 29 heavy (non-hydrogen) atoms. The topological polar surface area (TPSA) is 68.0 Å². The zero-order chi connectivity index (χ0) is 19.8. The molecule has 0 radical (unpaired) electrons. The highest BCUT2D eigenvalue weighted by Gasteiger charge is 2.15. The molecule has 6 nitrogen and oxygen atoms in total. The van der Waals surface area contributed by atoms with Gasteiger partial charge in [-0.25, -0.2) is 4.98 Å². The minimum absolute atomic E-state index is 0.270. The SMILES string of the molecule is CC(C)c1cc(Nc2cccc3ccccc23)n2nc(-c3cccnc3)nc2n1. The number of pyridine rings is 1. The number of hydrogen-bond acceptors (Lipinski definition) is 5. The van der Waals surface area contributed by atoms with E-state index in [4.69, 9.17) is 10.1 Å². The minimum Gasteiger partial charge on any atom is -0.340 e. The van der Waals surface area contributed by atoms with Gasteiger partial charge in [-0.1, -0.05) is 50.2 Å². The standard InChI is InChI=1S/C23H20N6/c1-15(2)20-13-21(25-19-11-5-8-16-7-3-4-10-18(16)19)29-23(26-20)27-22(28-29)17-9-6-12-24-14-17/h3-15,25H,1-2H3. The number of rotatable bonds is 4. The monoisotopic (exact) mass is 380 g/mol. The summed E-state index contributed by atoms with van der Waals surface area (Å²) in [7, 11) is 0. The van der Waals surface area contributed by atoms with Gasteiger partial charge >= 0.3 is 0 Å². The fraction of sp³-hybridized carbons (Fsp3) is 0.130. The van der Waals surface area contributed by atoms with Crippen molar-refractivity contribution in [3.05, 3.63) is 78.8 Å². The van der Waals surface area contributed by atoms with Crippen LogP contribution < -0.4 is 5.32 Å². The van der Waals surface area contributed by atoms with E-state index in [2.05, 4.69) is 59.5 Å². The molecule has 3 heterocycles. The first-order valence-corrected chi connectivity index (χ1v) is 9.62. The number of hydrogen-bond donors (Lipinski definition) is 1. The Balaban J connectivity index is 1.68. The highest BCUT2D eigenvalue weighted by molar-refractivity contribution is 5.95. The van der Waals surface area contributed by atoms with E-state index in [1.807, 2.05) is 30.3 Å². The van der Waals surface area contributed by atoms with Gasteiger partial charge < -0.3 is 5.32 Å². The molecule has 2 aromatic carbocycles. The van der Waals surface area contributed by atoms with Crippen LogP contribution in [0.3, 0.4) is 0 Å². The lowest BCUT2D eigenvalue weighted by molar-refractivity contribution is 0.809. The highest BCUT2D eigenvalue weighted by Crippen LogP contribution is 2.28. The molecule has 5 rings (SSSR count). The van der Waals surface area contributed by atoms with Crippen LogP contribution in [0.2, 0.25) is 0 Å². The molecule has 0 unspecified atom stereocenters. The van der Waals surface area contributed by atoms with Gasteiger partial charge in [-0.05, 0) is 29.5 Å². The van der Waals surface area contributed by atoms with Gasteiger partial charge in [0.2, 0.25) is 0 Å². The van der Waals surface area contributed by atoms with Gasteiger partial charge in [-0.2, -0.15) is 9.50 Å². The Bertz CT molecular complexity index is 1300. The fourth-order valence-electron chi connectivity index (χ4n) is 3.36. The molecule has 0 aliphatic carbocycles. The van der Waals surface area contributed by atoms with E-state index in [9.17, 15) is 0 Å². The van der Waals surface area contributed by atoms with Crippen molar-refractivity contribution >= 4 is 28.1 Å². The Morgan fingerprint density at radius 1 is 0.931 bits per heavy atom. The van der Waals surface area contributed by atoms with Crippen molar-refractivity contribution in [3.8, 4) is 11.4 Å². The molecule has 0 aliphatic heterocycles. The van der Waals surface area contributed by atoms with E-state index >= 15 is 0 Å². The fourth-order valence-corrected chi connectivity index (χ4v) is 3.36. The van der Waals surface area contributed by atoms with Gasteiger partial charge in [-0.3, -0.25) is 4.98 Å². The smallest absolute Gasteiger partial charge is 0.254 e. The third-order valence-electron chi connectivity index (χ3n) is 4.90. The van der Waals surface area contributed by atoms with Crippen molar-refractivity contribution in [1.29, 1.82) is 0 Å². The average molecular weight is 380 g/mol. The molecular formula is C23H20N6. The molecule has 5 aromatic rings. The maximum Gasteiger partial charge on any atom is 0.254 e. The summed E-state index contributed by atoms with van der Waals surface area (Å²) in [5.74, 6) is 2.27. The van der Waals surface area contributed by atoms with Gasteiger partial charge in [0.05, 0.1) is 5.69 Å². The number of fused-ring (bicyclic) bond motifs is 2. The van der Waals surface area contributed by atoms with Crippen molar-refractivity contribution < 1.29 is 0 Å². The summed E-state index contributed by atoms with van der Waals surface area (Å²) >= 11 is 0.